The molecule has 7 nitrogen and oxygen atoms in total. The highest BCUT2D eigenvalue weighted by atomic mass is 16.2. The first-order chi connectivity index (χ1) is 13.8. The number of amides is 1. The van der Waals surface area contributed by atoms with Crippen LogP contribution in [0.1, 0.15) is 38.5 Å². The summed E-state index contributed by atoms with van der Waals surface area (Å²) in [6.07, 6.45) is 10.8. The minimum atomic E-state index is 0.158. The molecule has 1 amide bonds. The van der Waals surface area contributed by atoms with Crippen molar-refractivity contribution in [1.82, 2.24) is 30.2 Å². The van der Waals surface area contributed by atoms with E-state index >= 15 is 0 Å². The molecule has 1 unspecified atom stereocenters. The summed E-state index contributed by atoms with van der Waals surface area (Å²) < 4.78 is 1.93. The zero-order valence-electron chi connectivity index (χ0n) is 16.2. The summed E-state index contributed by atoms with van der Waals surface area (Å²) in [5, 5.41) is 11.9. The van der Waals surface area contributed by atoms with Crippen LogP contribution in [0, 0.1) is 11.8 Å². The van der Waals surface area contributed by atoms with Gasteiger partial charge in [0.05, 0.1) is 24.4 Å². The second kappa shape index (κ2) is 7.62. The van der Waals surface area contributed by atoms with Gasteiger partial charge in [0.2, 0.25) is 5.91 Å². The van der Waals surface area contributed by atoms with Crippen LogP contribution in [-0.2, 0) is 11.3 Å². The van der Waals surface area contributed by atoms with Gasteiger partial charge in [-0.3, -0.25) is 19.4 Å². The lowest BCUT2D eigenvalue weighted by Crippen LogP contribution is -2.58. The summed E-state index contributed by atoms with van der Waals surface area (Å²) in [4.78, 5) is 19.6. The first kappa shape index (κ1) is 17.8. The maximum Gasteiger partial charge on any atom is 0.224 e. The van der Waals surface area contributed by atoms with Gasteiger partial charge in [-0.1, -0.05) is 24.1 Å². The average Bonchev–Trinajstić information content (AvgIpc) is 3.41. The Morgan fingerprint density at radius 1 is 1.18 bits per heavy atom. The molecule has 3 aliphatic heterocycles. The molecule has 0 spiro atoms. The largest absolute Gasteiger partial charge is 0.353 e. The summed E-state index contributed by atoms with van der Waals surface area (Å²) in [5.41, 5.74) is 1.66. The third-order valence-electron chi connectivity index (χ3n) is 6.78. The van der Waals surface area contributed by atoms with Gasteiger partial charge in [0.1, 0.15) is 5.69 Å². The summed E-state index contributed by atoms with van der Waals surface area (Å²) in [7, 11) is 0. The second-order valence-corrected chi connectivity index (χ2v) is 8.57. The summed E-state index contributed by atoms with van der Waals surface area (Å²) in [6.45, 7) is 2.80. The molecule has 28 heavy (non-hydrogen) atoms. The van der Waals surface area contributed by atoms with Crippen molar-refractivity contribution in [1.29, 1.82) is 0 Å². The lowest BCUT2D eigenvalue weighted by atomic mass is 9.75. The third kappa shape index (κ3) is 3.55. The average molecular weight is 380 g/mol. The van der Waals surface area contributed by atoms with Crippen LogP contribution in [0.2, 0.25) is 0 Å². The number of aromatic nitrogens is 4. The number of carbonyl (C=O) groups excluding carboxylic acids is 1. The van der Waals surface area contributed by atoms with Gasteiger partial charge in [0, 0.05) is 24.8 Å². The van der Waals surface area contributed by atoms with Crippen LogP contribution in [0.15, 0.2) is 30.6 Å². The van der Waals surface area contributed by atoms with E-state index in [1.54, 1.807) is 6.20 Å². The summed E-state index contributed by atoms with van der Waals surface area (Å²) in [5.74, 6) is 0.943. The molecule has 0 radical (unpaired) electrons. The second-order valence-electron chi connectivity index (χ2n) is 8.57. The predicted molar refractivity (Wildman–Crippen MR) is 105 cm³/mol. The van der Waals surface area contributed by atoms with Crippen molar-refractivity contribution in [3.05, 3.63) is 30.6 Å². The molecule has 148 valence electrons. The Morgan fingerprint density at radius 3 is 2.82 bits per heavy atom. The Hall–Kier alpha value is -2.28. The van der Waals surface area contributed by atoms with Crippen LogP contribution in [-0.4, -0.2) is 56.0 Å². The lowest BCUT2D eigenvalue weighted by molar-refractivity contribution is -0.133. The smallest absolute Gasteiger partial charge is 0.224 e. The predicted octanol–water partition coefficient (Wildman–Crippen LogP) is 2.11. The monoisotopic (exact) mass is 380 g/mol. The number of hydrogen-bond acceptors (Lipinski definition) is 5. The fourth-order valence-corrected chi connectivity index (χ4v) is 5.24. The van der Waals surface area contributed by atoms with Crippen molar-refractivity contribution in [3.8, 4) is 11.4 Å². The highest BCUT2D eigenvalue weighted by Crippen LogP contribution is 2.37. The first-order valence-corrected chi connectivity index (χ1v) is 10.6. The molecule has 1 N–H and O–H groups in total. The zero-order valence-corrected chi connectivity index (χ0v) is 16.2. The first-order valence-electron chi connectivity index (χ1n) is 10.6. The van der Waals surface area contributed by atoms with Crippen molar-refractivity contribution in [3.63, 3.8) is 0 Å². The molecule has 4 atom stereocenters. The van der Waals surface area contributed by atoms with E-state index in [1.807, 2.05) is 29.1 Å². The van der Waals surface area contributed by atoms with Crippen molar-refractivity contribution >= 4 is 5.91 Å². The van der Waals surface area contributed by atoms with Crippen molar-refractivity contribution in [2.24, 2.45) is 11.8 Å². The number of piperidine rings is 3. The van der Waals surface area contributed by atoms with E-state index < -0.39 is 0 Å². The molecule has 2 bridgehead atoms. The van der Waals surface area contributed by atoms with Gasteiger partial charge in [-0.2, -0.15) is 0 Å². The number of hydrogen-bond donors (Lipinski definition) is 1. The van der Waals surface area contributed by atoms with Gasteiger partial charge in [0.25, 0.3) is 0 Å². The molecule has 2 aromatic heterocycles. The van der Waals surface area contributed by atoms with Crippen LogP contribution >= 0.6 is 0 Å². The highest BCUT2D eigenvalue weighted by Gasteiger charge is 2.43. The maximum atomic E-state index is 12.8. The van der Waals surface area contributed by atoms with E-state index in [0.29, 0.717) is 23.9 Å². The fourth-order valence-electron chi connectivity index (χ4n) is 5.24. The topological polar surface area (TPSA) is 75.9 Å². The Kier molecular flexibility index (Phi) is 4.84. The van der Waals surface area contributed by atoms with Gasteiger partial charge in [0.15, 0.2) is 0 Å². The third-order valence-corrected chi connectivity index (χ3v) is 6.78. The Labute approximate surface area is 165 Å². The molecule has 4 aliphatic rings. The quantitative estimate of drug-likeness (QED) is 0.860. The molecule has 0 aromatic carbocycles. The normalized spacial score (nSPS) is 29.9. The Bertz CT molecular complexity index is 815. The van der Waals surface area contributed by atoms with Crippen LogP contribution in [0.3, 0.4) is 0 Å². The van der Waals surface area contributed by atoms with Crippen LogP contribution in [0.4, 0.5) is 0 Å². The molecule has 4 fully saturated rings. The molecule has 1 aliphatic carbocycles. The van der Waals surface area contributed by atoms with Gasteiger partial charge < -0.3 is 5.32 Å². The van der Waals surface area contributed by atoms with E-state index in [1.165, 1.54) is 12.8 Å². The van der Waals surface area contributed by atoms with Crippen LogP contribution in [0.5, 0.6) is 0 Å². The number of rotatable bonds is 5. The van der Waals surface area contributed by atoms with Crippen LogP contribution in [0.25, 0.3) is 11.4 Å². The molecule has 2 aromatic rings. The summed E-state index contributed by atoms with van der Waals surface area (Å²) >= 11 is 0. The molecule has 7 heteroatoms. The molecule has 5 heterocycles. The number of pyridine rings is 1. The zero-order chi connectivity index (χ0) is 18.9. The molecule has 1 saturated carbocycles. The molecule has 3 saturated heterocycles. The number of fused-ring (bicyclic) bond motifs is 3. The number of nitrogens with zero attached hydrogens (tertiary/aromatic N) is 5. The molecular weight excluding hydrogens is 352 g/mol. The summed E-state index contributed by atoms with van der Waals surface area (Å²) in [6, 6.07) is 6.67. The number of nitrogens with one attached hydrogen (secondary N) is 1. The van der Waals surface area contributed by atoms with E-state index in [2.05, 4.69) is 25.5 Å². The van der Waals surface area contributed by atoms with Crippen molar-refractivity contribution < 1.29 is 4.79 Å². The minimum absolute atomic E-state index is 0.158. The van der Waals surface area contributed by atoms with Gasteiger partial charge in [-0.25, -0.2) is 0 Å². The van der Waals surface area contributed by atoms with E-state index in [9.17, 15) is 4.79 Å². The lowest BCUT2D eigenvalue weighted by Gasteiger charge is -2.49. The SMILES string of the molecule is O=C(NC1CCCC1)[C@H]1CN2CC[C@H]1C[C@@H]2Cn1cc(-c2ccccn2)nn1. The van der Waals surface area contributed by atoms with Gasteiger partial charge >= 0.3 is 0 Å². The van der Waals surface area contributed by atoms with Gasteiger partial charge in [-0.05, 0) is 50.3 Å². The highest BCUT2D eigenvalue weighted by molar-refractivity contribution is 5.79. The van der Waals surface area contributed by atoms with Crippen LogP contribution < -0.4 is 5.32 Å². The van der Waals surface area contributed by atoms with E-state index in [-0.39, 0.29) is 5.92 Å². The van der Waals surface area contributed by atoms with Gasteiger partial charge in [-0.15, -0.1) is 5.10 Å². The fraction of sp³-hybridized carbons (Fsp3) is 0.619. The maximum absolute atomic E-state index is 12.8. The Balaban J connectivity index is 1.21. The Morgan fingerprint density at radius 2 is 2.07 bits per heavy atom. The standard InChI is InChI=1S/C21H28N6O/c28-21(23-16-5-1-2-6-16)18-13-26-10-8-15(18)11-17(26)12-27-14-20(24-25-27)19-7-3-4-9-22-19/h3-4,7,9,14-18H,1-2,5-6,8,10-13H2,(H,23,28)/t15-,17+,18-/m0/s1. The van der Waals surface area contributed by atoms with Crippen molar-refractivity contribution in [2.45, 2.75) is 57.2 Å². The molecular formula is C21H28N6O. The molecule has 6 rings (SSSR count). The number of carbonyl (C=O) groups is 1. The van der Waals surface area contributed by atoms with Crippen molar-refractivity contribution in [2.75, 3.05) is 13.1 Å². The van der Waals surface area contributed by atoms with E-state index in [4.69, 9.17) is 0 Å². The van der Waals surface area contributed by atoms with E-state index in [0.717, 1.165) is 56.7 Å². The minimum Gasteiger partial charge on any atom is -0.353 e.